The van der Waals surface area contributed by atoms with E-state index in [4.69, 9.17) is 20.5 Å². The van der Waals surface area contributed by atoms with Crippen LogP contribution in [0, 0.1) is 17.8 Å². The molecule has 0 heterocycles. The second kappa shape index (κ2) is 8.73. The molecule has 166 valence electrons. The summed E-state index contributed by atoms with van der Waals surface area (Å²) in [7, 11) is -2.79. The van der Waals surface area contributed by atoms with Gasteiger partial charge in [-0.1, -0.05) is 48.4 Å². The van der Waals surface area contributed by atoms with Crippen molar-refractivity contribution in [1.82, 2.24) is 0 Å². The number of aryl methyl sites for hydroxylation is 1. The Balaban J connectivity index is 1.83. The Bertz CT molecular complexity index is 1080. The van der Waals surface area contributed by atoms with Crippen molar-refractivity contribution >= 4 is 33.5 Å². The normalized spacial score (nSPS) is 23.7. The number of methoxy groups -OCH3 is 1. The molecule has 0 radical (unpaired) electrons. The second-order valence-corrected chi connectivity index (χ2v) is 10.3. The number of hydrogen-bond donors (Lipinski definition) is 0. The van der Waals surface area contributed by atoms with Gasteiger partial charge in [-0.25, -0.2) is 0 Å². The first-order valence-electron chi connectivity index (χ1n) is 9.86. The Morgan fingerprint density at radius 3 is 2.26 bits per heavy atom. The third-order valence-electron chi connectivity index (χ3n) is 5.92. The van der Waals surface area contributed by atoms with E-state index in [2.05, 4.69) is 0 Å². The van der Waals surface area contributed by atoms with Crippen LogP contribution < -0.4 is 0 Å². The molecular formula is C23H25ClO6S. The average molecular weight is 465 g/mol. The van der Waals surface area contributed by atoms with Crippen LogP contribution in [0.4, 0.5) is 0 Å². The molecule has 0 bridgehead atoms. The zero-order chi connectivity index (χ0) is 22.9. The van der Waals surface area contributed by atoms with Gasteiger partial charge in [0.2, 0.25) is 0 Å². The van der Waals surface area contributed by atoms with Gasteiger partial charge < -0.3 is 4.74 Å². The van der Waals surface area contributed by atoms with Crippen molar-refractivity contribution < 1.29 is 26.9 Å². The predicted octanol–water partition coefficient (Wildman–Crippen LogP) is 4.13. The highest BCUT2D eigenvalue weighted by Gasteiger charge is 2.59. The molecule has 0 spiro atoms. The fourth-order valence-corrected chi connectivity index (χ4v) is 5.14. The molecule has 3 rings (SSSR count). The largest absolute Gasteiger partial charge is 0.468 e. The van der Waals surface area contributed by atoms with Gasteiger partial charge in [0.1, 0.15) is 5.41 Å². The van der Waals surface area contributed by atoms with Gasteiger partial charge in [0, 0.05) is 5.02 Å². The maximum absolute atomic E-state index is 13.5. The minimum atomic E-state index is -4.04. The molecule has 8 heteroatoms. The van der Waals surface area contributed by atoms with Crippen LogP contribution in [0.5, 0.6) is 0 Å². The molecule has 1 saturated carbocycles. The van der Waals surface area contributed by atoms with Crippen molar-refractivity contribution in [2.45, 2.75) is 38.0 Å². The first-order valence-corrected chi connectivity index (χ1v) is 11.6. The van der Waals surface area contributed by atoms with Crippen molar-refractivity contribution in [1.29, 1.82) is 0 Å². The van der Waals surface area contributed by atoms with Crippen LogP contribution in [0.3, 0.4) is 0 Å². The van der Waals surface area contributed by atoms with E-state index in [9.17, 15) is 18.0 Å². The summed E-state index contributed by atoms with van der Waals surface area (Å²) >= 11 is 5.94. The molecule has 6 nitrogen and oxygen atoms in total. The number of carbonyl (C=O) groups is 2. The molecule has 1 aliphatic rings. The lowest BCUT2D eigenvalue weighted by molar-refractivity contribution is -0.158. The second-order valence-electron chi connectivity index (χ2n) is 8.30. The Hall–Kier alpha value is -2.22. The first kappa shape index (κ1) is 23.4. The smallest absolute Gasteiger partial charge is 0.319 e. The number of rotatable bonds is 7. The van der Waals surface area contributed by atoms with Crippen molar-refractivity contribution in [3.05, 3.63) is 64.7 Å². The standard InChI is InChI=1S/C23H25ClO6S/c1-16-4-10-19(11-5-16)31(27,28)30-15-22(2)12-13-23(20(22)25,21(26)29-3)14-17-6-8-18(24)9-7-17/h4-11H,12-15H2,1-3H3. The number of hydrogen-bond acceptors (Lipinski definition) is 6. The molecule has 0 saturated heterocycles. The summed E-state index contributed by atoms with van der Waals surface area (Å²) in [6, 6.07) is 13.2. The third kappa shape index (κ3) is 4.68. The van der Waals surface area contributed by atoms with Crippen LogP contribution >= 0.6 is 11.6 Å². The number of carbonyl (C=O) groups excluding carboxylic acids is 2. The summed E-state index contributed by atoms with van der Waals surface area (Å²) in [5.74, 6) is -1.00. The highest BCUT2D eigenvalue weighted by atomic mass is 35.5. The Kier molecular flexibility index (Phi) is 6.60. The van der Waals surface area contributed by atoms with Crippen LogP contribution in [0.2, 0.25) is 5.02 Å². The maximum Gasteiger partial charge on any atom is 0.319 e. The van der Waals surface area contributed by atoms with E-state index >= 15 is 0 Å². The molecule has 1 aliphatic carbocycles. The molecule has 2 aromatic carbocycles. The molecule has 2 aromatic rings. The number of benzene rings is 2. The van der Waals surface area contributed by atoms with Gasteiger partial charge in [-0.2, -0.15) is 8.42 Å². The number of Topliss-reactive ketones (excluding diaryl/α,β-unsaturated/α-hetero) is 1. The van der Waals surface area contributed by atoms with Crippen molar-refractivity contribution in [2.75, 3.05) is 13.7 Å². The summed E-state index contributed by atoms with van der Waals surface area (Å²) in [5.41, 5.74) is -0.852. The topological polar surface area (TPSA) is 86.7 Å². The summed E-state index contributed by atoms with van der Waals surface area (Å²) in [5, 5.41) is 0.549. The van der Waals surface area contributed by atoms with Crippen LogP contribution in [0.25, 0.3) is 0 Å². The summed E-state index contributed by atoms with van der Waals surface area (Å²) in [6.45, 7) is 3.14. The summed E-state index contributed by atoms with van der Waals surface area (Å²) in [4.78, 5) is 26.3. The molecule has 1 fully saturated rings. The van der Waals surface area contributed by atoms with Crippen LogP contribution in [-0.2, 0) is 35.0 Å². The van der Waals surface area contributed by atoms with Gasteiger partial charge >= 0.3 is 5.97 Å². The van der Waals surface area contributed by atoms with Crippen molar-refractivity contribution in [2.24, 2.45) is 10.8 Å². The lowest BCUT2D eigenvalue weighted by Crippen LogP contribution is -2.44. The van der Waals surface area contributed by atoms with Gasteiger partial charge in [-0.15, -0.1) is 0 Å². The molecule has 0 aromatic heterocycles. The number of esters is 1. The molecular weight excluding hydrogens is 440 g/mol. The molecule has 0 aliphatic heterocycles. The van der Waals surface area contributed by atoms with Gasteiger partial charge in [0.05, 0.1) is 24.0 Å². The third-order valence-corrected chi connectivity index (χ3v) is 7.45. The van der Waals surface area contributed by atoms with Crippen LogP contribution in [-0.4, -0.2) is 33.9 Å². The fourth-order valence-electron chi connectivity index (χ4n) is 3.99. The van der Waals surface area contributed by atoms with E-state index in [1.54, 1.807) is 43.3 Å². The maximum atomic E-state index is 13.5. The highest BCUT2D eigenvalue weighted by Crippen LogP contribution is 2.49. The average Bonchev–Trinajstić information content (AvgIpc) is 3.00. The van der Waals surface area contributed by atoms with Gasteiger partial charge in [0.15, 0.2) is 5.78 Å². The quantitative estimate of drug-likeness (QED) is 0.348. The fraction of sp³-hybridized carbons (Fsp3) is 0.391. The molecule has 31 heavy (non-hydrogen) atoms. The van der Waals surface area contributed by atoms with Crippen LogP contribution in [0.1, 0.15) is 30.9 Å². The summed E-state index contributed by atoms with van der Waals surface area (Å²) < 4.78 is 35.4. The van der Waals surface area contributed by atoms with E-state index < -0.39 is 26.9 Å². The van der Waals surface area contributed by atoms with E-state index in [-0.39, 0.29) is 30.1 Å². The van der Waals surface area contributed by atoms with Gasteiger partial charge in [0.25, 0.3) is 10.1 Å². The van der Waals surface area contributed by atoms with Crippen LogP contribution in [0.15, 0.2) is 53.4 Å². The minimum absolute atomic E-state index is 0.0209. The predicted molar refractivity (Wildman–Crippen MR) is 116 cm³/mol. The lowest BCUT2D eigenvalue weighted by Gasteiger charge is -2.28. The first-order chi connectivity index (χ1) is 14.5. The van der Waals surface area contributed by atoms with E-state index in [0.717, 1.165) is 11.1 Å². The monoisotopic (exact) mass is 464 g/mol. The van der Waals surface area contributed by atoms with Gasteiger partial charge in [-0.3, -0.25) is 13.8 Å². The van der Waals surface area contributed by atoms with E-state index in [0.29, 0.717) is 11.4 Å². The van der Waals surface area contributed by atoms with E-state index in [1.807, 2.05) is 6.92 Å². The van der Waals surface area contributed by atoms with Crippen molar-refractivity contribution in [3.8, 4) is 0 Å². The highest BCUT2D eigenvalue weighted by molar-refractivity contribution is 7.86. The zero-order valence-electron chi connectivity index (χ0n) is 17.7. The molecule has 2 unspecified atom stereocenters. The van der Waals surface area contributed by atoms with E-state index in [1.165, 1.54) is 19.2 Å². The molecule has 0 N–H and O–H groups in total. The number of ether oxygens (including phenoxy) is 1. The Morgan fingerprint density at radius 2 is 1.68 bits per heavy atom. The van der Waals surface area contributed by atoms with Crippen molar-refractivity contribution in [3.63, 3.8) is 0 Å². The number of ketones is 1. The number of halogens is 1. The summed E-state index contributed by atoms with van der Waals surface area (Å²) in [6.07, 6.45) is 0.694. The minimum Gasteiger partial charge on any atom is -0.468 e. The Morgan fingerprint density at radius 1 is 1.06 bits per heavy atom. The molecule has 2 atom stereocenters. The Labute approximate surface area is 187 Å². The molecule has 0 amide bonds. The van der Waals surface area contributed by atoms with Gasteiger partial charge in [-0.05, 0) is 56.0 Å². The SMILES string of the molecule is COC(=O)C1(Cc2ccc(Cl)cc2)CCC(C)(COS(=O)(=O)c2ccc(C)cc2)C1=O. The zero-order valence-corrected chi connectivity index (χ0v) is 19.3. The lowest BCUT2D eigenvalue weighted by atomic mass is 9.75.